The lowest BCUT2D eigenvalue weighted by molar-refractivity contribution is -0.139. The monoisotopic (exact) mass is 472 g/mol. The first-order valence-electron chi connectivity index (χ1n) is 10.1. The molecule has 0 bridgehead atoms. The number of fused-ring (bicyclic) bond motifs is 1. The van der Waals surface area contributed by atoms with E-state index in [1.165, 1.54) is 22.2 Å². The zero-order chi connectivity index (χ0) is 22.8. The van der Waals surface area contributed by atoms with Gasteiger partial charge in [0, 0.05) is 9.90 Å². The lowest BCUT2D eigenvalue weighted by Crippen LogP contribution is -2.47. The molecule has 0 spiro atoms. The van der Waals surface area contributed by atoms with E-state index in [0.29, 0.717) is 20.8 Å². The maximum Gasteiger partial charge on any atom is 0.338 e. The van der Waals surface area contributed by atoms with Gasteiger partial charge >= 0.3 is 12.0 Å². The molecule has 1 atom stereocenters. The molecule has 2 amide bonds. The number of nitrogens with one attached hydrogen (secondary N) is 2. The van der Waals surface area contributed by atoms with Crippen molar-refractivity contribution >= 4 is 45.2 Å². The Morgan fingerprint density at radius 2 is 2.00 bits per heavy atom. The molecule has 32 heavy (non-hydrogen) atoms. The number of nitrogens with zero attached hydrogens (tertiary/aromatic N) is 2. The summed E-state index contributed by atoms with van der Waals surface area (Å²) in [6.07, 6.45) is 2.24. The number of halogens is 1. The van der Waals surface area contributed by atoms with E-state index in [4.69, 9.17) is 16.3 Å². The van der Waals surface area contributed by atoms with E-state index in [-0.39, 0.29) is 30.0 Å². The first-order valence-corrected chi connectivity index (χ1v) is 11.3. The van der Waals surface area contributed by atoms with Crippen LogP contribution in [-0.2, 0) is 22.5 Å². The molecule has 0 saturated carbocycles. The summed E-state index contributed by atoms with van der Waals surface area (Å²) < 4.78 is 6.65. The zero-order valence-electron chi connectivity index (χ0n) is 17.5. The predicted molar refractivity (Wildman–Crippen MR) is 123 cm³/mol. The Kier molecular flexibility index (Phi) is 6.29. The van der Waals surface area contributed by atoms with E-state index in [0.717, 1.165) is 11.3 Å². The molecule has 10 heteroatoms. The maximum atomic E-state index is 13.1. The Balaban J connectivity index is 1.81. The van der Waals surface area contributed by atoms with Crippen molar-refractivity contribution < 1.29 is 14.3 Å². The molecule has 1 aliphatic heterocycles. The van der Waals surface area contributed by atoms with Gasteiger partial charge in [-0.3, -0.25) is 9.36 Å². The van der Waals surface area contributed by atoms with Gasteiger partial charge in [-0.05, 0) is 37.1 Å². The molecule has 4 rings (SSSR count). The molecule has 2 N–H and O–H groups in total. The van der Waals surface area contributed by atoms with Crippen molar-refractivity contribution in [3.63, 3.8) is 0 Å². The van der Waals surface area contributed by atoms with Gasteiger partial charge in [-0.1, -0.05) is 30.7 Å². The van der Waals surface area contributed by atoms with Gasteiger partial charge in [-0.25, -0.2) is 14.6 Å². The summed E-state index contributed by atoms with van der Waals surface area (Å²) >= 11 is 7.47. The van der Waals surface area contributed by atoms with E-state index in [1.54, 1.807) is 31.2 Å². The fourth-order valence-electron chi connectivity index (χ4n) is 3.56. The van der Waals surface area contributed by atoms with Crippen molar-refractivity contribution in [2.45, 2.75) is 32.9 Å². The van der Waals surface area contributed by atoms with Gasteiger partial charge in [0.2, 0.25) is 0 Å². The summed E-state index contributed by atoms with van der Waals surface area (Å²) in [6.45, 7) is 3.85. The Morgan fingerprint density at radius 1 is 1.25 bits per heavy atom. The molecule has 0 fully saturated rings. The number of ether oxygens (including phenoxy) is 1. The largest absolute Gasteiger partial charge is 0.463 e. The van der Waals surface area contributed by atoms with Gasteiger partial charge in [-0.15, -0.1) is 11.3 Å². The summed E-state index contributed by atoms with van der Waals surface area (Å²) in [7, 11) is 0. The smallest absolute Gasteiger partial charge is 0.338 e. The normalized spacial score (nSPS) is 16.1. The van der Waals surface area contributed by atoms with Crippen LogP contribution in [0.4, 0.5) is 4.79 Å². The SMILES string of the molecule is CCOC(=O)C1=C(Cn2cnc3sc(CC)cc3c2=O)NC(=O)NC1c1ccc(Cl)cc1. The van der Waals surface area contributed by atoms with Crippen molar-refractivity contribution in [2.75, 3.05) is 6.61 Å². The van der Waals surface area contributed by atoms with Crippen LogP contribution in [0, 0.1) is 0 Å². The predicted octanol–water partition coefficient (Wildman–Crippen LogP) is 3.55. The van der Waals surface area contributed by atoms with E-state index in [2.05, 4.69) is 15.6 Å². The number of urea groups is 1. The molecular formula is C22H21ClN4O4S. The summed E-state index contributed by atoms with van der Waals surface area (Å²) in [5.74, 6) is -0.583. The Morgan fingerprint density at radius 3 is 2.69 bits per heavy atom. The van der Waals surface area contributed by atoms with Crippen LogP contribution in [0.5, 0.6) is 0 Å². The second kappa shape index (κ2) is 9.13. The third-order valence-electron chi connectivity index (χ3n) is 5.10. The Bertz CT molecular complexity index is 1280. The average Bonchev–Trinajstić information content (AvgIpc) is 3.20. The molecule has 3 heterocycles. The highest BCUT2D eigenvalue weighted by Crippen LogP contribution is 2.29. The van der Waals surface area contributed by atoms with Crippen LogP contribution in [0.2, 0.25) is 5.02 Å². The van der Waals surface area contributed by atoms with Crippen LogP contribution in [0.25, 0.3) is 10.2 Å². The summed E-state index contributed by atoms with van der Waals surface area (Å²) in [5.41, 5.74) is 0.926. The first kappa shape index (κ1) is 22.0. The Hall–Kier alpha value is -3.17. The molecule has 2 aromatic heterocycles. The third-order valence-corrected chi connectivity index (χ3v) is 6.54. The number of esters is 1. The summed E-state index contributed by atoms with van der Waals surface area (Å²) in [4.78, 5) is 44.5. The third kappa shape index (κ3) is 4.26. The standard InChI is InChI=1S/C22H21ClN4O4S/c1-3-14-9-15-19(32-14)24-11-27(20(15)28)10-16-17(21(29)31-4-2)18(26-22(30)25-16)12-5-7-13(23)8-6-12/h5-9,11,18H,3-4,10H2,1-2H3,(H2,25,26,30). The van der Waals surface area contributed by atoms with E-state index in [1.807, 2.05) is 13.0 Å². The molecular weight excluding hydrogens is 452 g/mol. The minimum absolute atomic E-state index is 0.0370. The highest BCUT2D eigenvalue weighted by Gasteiger charge is 2.34. The van der Waals surface area contributed by atoms with Gasteiger partial charge < -0.3 is 15.4 Å². The minimum atomic E-state index is -0.754. The number of aromatic nitrogens is 2. The number of amides is 2. The van der Waals surface area contributed by atoms with E-state index >= 15 is 0 Å². The van der Waals surface area contributed by atoms with Crippen LogP contribution in [0.1, 0.15) is 30.3 Å². The highest BCUT2D eigenvalue weighted by atomic mass is 35.5. The molecule has 166 valence electrons. The van der Waals surface area contributed by atoms with Crippen LogP contribution in [-0.4, -0.2) is 28.2 Å². The fraction of sp³-hybridized carbons (Fsp3) is 0.273. The van der Waals surface area contributed by atoms with E-state index in [9.17, 15) is 14.4 Å². The molecule has 0 radical (unpaired) electrons. The number of allylic oxidation sites excluding steroid dienone is 1. The van der Waals surface area contributed by atoms with Gasteiger partial charge in [-0.2, -0.15) is 0 Å². The first-order chi connectivity index (χ1) is 15.4. The van der Waals surface area contributed by atoms with Gasteiger partial charge in [0.25, 0.3) is 5.56 Å². The van der Waals surface area contributed by atoms with Crippen molar-refractivity contribution in [3.05, 3.63) is 73.7 Å². The quantitative estimate of drug-likeness (QED) is 0.534. The molecule has 0 saturated heterocycles. The van der Waals surface area contributed by atoms with Crippen LogP contribution >= 0.6 is 22.9 Å². The number of benzene rings is 1. The molecule has 1 aromatic carbocycles. The minimum Gasteiger partial charge on any atom is -0.463 e. The highest BCUT2D eigenvalue weighted by molar-refractivity contribution is 7.18. The lowest BCUT2D eigenvalue weighted by atomic mass is 9.95. The maximum absolute atomic E-state index is 13.1. The topological polar surface area (TPSA) is 102 Å². The van der Waals surface area contributed by atoms with Crippen molar-refractivity contribution in [3.8, 4) is 0 Å². The zero-order valence-corrected chi connectivity index (χ0v) is 19.0. The molecule has 8 nitrogen and oxygen atoms in total. The number of hydrogen-bond donors (Lipinski definition) is 2. The van der Waals surface area contributed by atoms with Gasteiger partial charge in [0.05, 0.1) is 42.2 Å². The number of carbonyl (C=O) groups excluding carboxylic acids is 2. The number of rotatable bonds is 6. The number of carbonyl (C=O) groups is 2. The second-order valence-corrected chi connectivity index (χ2v) is 8.71. The number of aryl methyl sites for hydroxylation is 1. The van der Waals surface area contributed by atoms with Crippen LogP contribution in [0.3, 0.4) is 0 Å². The van der Waals surface area contributed by atoms with Crippen LogP contribution < -0.4 is 16.2 Å². The number of thiophene rings is 1. The summed E-state index contributed by atoms with van der Waals surface area (Å²) in [5, 5.41) is 6.48. The van der Waals surface area contributed by atoms with Gasteiger partial charge in [0.15, 0.2) is 0 Å². The van der Waals surface area contributed by atoms with Crippen LogP contribution in [0.15, 0.2) is 52.7 Å². The fourth-order valence-corrected chi connectivity index (χ4v) is 4.62. The molecule has 3 aromatic rings. The lowest BCUT2D eigenvalue weighted by Gasteiger charge is -2.29. The van der Waals surface area contributed by atoms with Gasteiger partial charge in [0.1, 0.15) is 4.83 Å². The van der Waals surface area contributed by atoms with Crippen molar-refractivity contribution in [1.29, 1.82) is 0 Å². The van der Waals surface area contributed by atoms with E-state index < -0.39 is 18.0 Å². The number of hydrogen-bond acceptors (Lipinski definition) is 6. The van der Waals surface area contributed by atoms with Crippen molar-refractivity contribution in [2.24, 2.45) is 0 Å². The summed E-state index contributed by atoms with van der Waals surface area (Å²) in [6, 6.07) is 7.41. The molecule has 0 aliphatic carbocycles. The average molecular weight is 473 g/mol. The Labute approximate surface area is 192 Å². The van der Waals surface area contributed by atoms with Crippen molar-refractivity contribution in [1.82, 2.24) is 20.2 Å². The molecule has 1 unspecified atom stereocenters. The molecule has 1 aliphatic rings. The second-order valence-electron chi connectivity index (χ2n) is 7.16.